The molecular weight excluding hydrogens is 188 g/mol. The summed E-state index contributed by atoms with van der Waals surface area (Å²) in [5, 5.41) is 9.34. The van der Waals surface area contributed by atoms with Gasteiger partial charge in [-0.1, -0.05) is 19.4 Å². The van der Waals surface area contributed by atoms with Crippen molar-refractivity contribution in [3.8, 4) is 0 Å². The first kappa shape index (κ1) is 12.0. The van der Waals surface area contributed by atoms with Crippen LogP contribution in [-0.4, -0.2) is 23.7 Å². The summed E-state index contributed by atoms with van der Waals surface area (Å²) in [6.07, 6.45) is 3.67. The van der Waals surface area contributed by atoms with Gasteiger partial charge in [-0.3, -0.25) is 0 Å². The van der Waals surface area contributed by atoms with Crippen LogP contribution in [0.4, 0.5) is 5.82 Å². The van der Waals surface area contributed by atoms with E-state index in [9.17, 15) is 5.11 Å². The highest BCUT2D eigenvalue weighted by molar-refractivity contribution is 5.38. The first-order valence-corrected chi connectivity index (χ1v) is 5.50. The predicted octanol–water partition coefficient (Wildman–Crippen LogP) is 2.37. The number of hydrogen-bond acceptors (Lipinski definition) is 3. The van der Waals surface area contributed by atoms with E-state index in [0.29, 0.717) is 0 Å². The molecule has 1 atom stereocenters. The largest absolute Gasteiger partial charge is 0.389 e. The maximum absolute atomic E-state index is 9.34. The molecule has 1 aromatic heterocycles. The van der Waals surface area contributed by atoms with Crippen molar-refractivity contribution in [1.82, 2.24) is 4.98 Å². The Morgan fingerprint density at radius 3 is 2.67 bits per heavy atom. The van der Waals surface area contributed by atoms with Crippen LogP contribution in [0.25, 0.3) is 0 Å². The summed E-state index contributed by atoms with van der Waals surface area (Å²) in [7, 11) is 2.04. The van der Waals surface area contributed by atoms with Crippen LogP contribution in [0.2, 0.25) is 0 Å². The number of pyridine rings is 1. The van der Waals surface area contributed by atoms with Gasteiger partial charge < -0.3 is 10.0 Å². The van der Waals surface area contributed by atoms with Gasteiger partial charge in [-0.25, -0.2) is 4.98 Å². The molecule has 0 spiro atoms. The molecule has 0 aromatic carbocycles. The molecule has 0 aliphatic carbocycles. The Balaban J connectivity index is 2.62. The van der Waals surface area contributed by atoms with Gasteiger partial charge in [0.25, 0.3) is 0 Å². The molecule has 3 nitrogen and oxygen atoms in total. The average Bonchev–Trinajstić information content (AvgIpc) is 2.26. The third-order valence-corrected chi connectivity index (χ3v) is 2.49. The van der Waals surface area contributed by atoms with Crippen molar-refractivity contribution in [1.29, 1.82) is 0 Å². The number of rotatable bonds is 5. The molecule has 0 fully saturated rings. The molecule has 1 rings (SSSR count). The molecule has 0 bridgehead atoms. The van der Waals surface area contributed by atoms with Crippen molar-refractivity contribution < 1.29 is 5.11 Å². The minimum Gasteiger partial charge on any atom is -0.389 e. The van der Waals surface area contributed by atoms with Crippen LogP contribution in [-0.2, 0) is 0 Å². The second kappa shape index (κ2) is 5.71. The van der Waals surface area contributed by atoms with E-state index < -0.39 is 6.10 Å². The Morgan fingerprint density at radius 1 is 1.47 bits per heavy atom. The second-order valence-corrected chi connectivity index (χ2v) is 3.90. The van der Waals surface area contributed by atoms with Crippen LogP contribution in [0.1, 0.15) is 38.4 Å². The summed E-state index contributed by atoms with van der Waals surface area (Å²) in [6, 6.07) is 3.88. The summed E-state index contributed by atoms with van der Waals surface area (Å²) in [5.74, 6) is 0.966. The van der Waals surface area contributed by atoms with E-state index in [2.05, 4.69) is 16.8 Å². The normalized spacial score (nSPS) is 12.5. The van der Waals surface area contributed by atoms with Gasteiger partial charge in [0.1, 0.15) is 5.82 Å². The fourth-order valence-electron chi connectivity index (χ4n) is 1.38. The molecule has 0 amide bonds. The zero-order valence-corrected chi connectivity index (χ0v) is 9.77. The van der Waals surface area contributed by atoms with E-state index in [1.807, 2.05) is 19.2 Å². The summed E-state index contributed by atoms with van der Waals surface area (Å²) < 4.78 is 0. The number of aliphatic hydroxyl groups excluding tert-OH is 1. The fraction of sp³-hybridized carbons (Fsp3) is 0.583. The van der Waals surface area contributed by atoms with Gasteiger partial charge in [-0.15, -0.1) is 0 Å². The van der Waals surface area contributed by atoms with Gasteiger partial charge in [0.05, 0.1) is 6.10 Å². The number of nitrogens with zero attached hydrogens (tertiary/aromatic N) is 2. The highest BCUT2D eigenvalue weighted by Crippen LogP contribution is 2.15. The molecule has 0 aliphatic rings. The molecule has 1 aromatic rings. The van der Waals surface area contributed by atoms with Crippen LogP contribution in [0, 0.1) is 0 Å². The van der Waals surface area contributed by atoms with Gasteiger partial charge in [-0.05, 0) is 25.0 Å². The monoisotopic (exact) mass is 208 g/mol. The molecule has 1 heterocycles. The van der Waals surface area contributed by atoms with Gasteiger partial charge >= 0.3 is 0 Å². The Labute approximate surface area is 91.8 Å². The van der Waals surface area contributed by atoms with E-state index >= 15 is 0 Å². The van der Waals surface area contributed by atoms with Crippen molar-refractivity contribution in [2.75, 3.05) is 18.5 Å². The van der Waals surface area contributed by atoms with Gasteiger partial charge in [0.2, 0.25) is 0 Å². The standard InChI is InChI=1S/C12H20N2O/c1-4-5-8-14(3)12-7-6-11(9-13-12)10(2)15/h6-7,9-10,15H,4-5,8H2,1-3H3/t10-/m1/s1. The maximum atomic E-state index is 9.34. The third-order valence-electron chi connectivity index (χ3n) is 2.49. The Hall–Kier alpha value is -1.09. The number of aromatic nitrogens is 1. The molecule has 0 saturated carbocycles. The topological polar surface area (TPSA) is 36.4 Å². The lowest BCUT2D eigenvalue weighted by molar-refractivity contribution is 0.199. The van der Waals surface area contributed by atoms with Gasteiger partial charge in [-0.2, -0.15) is 0 Å². The van der Waals surface area contributed by atoms with Crippen LogP contribution in [0.15, 0.2) is 18.3 Å². The first-order valence-electron chi connectivity index (χ1n) is 5.50. The summed E-state index contributed by atoms with van der Waals surface area (Å²) in [6.45, 7) is 4.95. The fourth-order valence-corrected chi connectivity index (χ4v) is 1.38. The first-order chi connectivity index (χ1) is 7.15. The zero-order chi connectivity index (χ0) is 11.3. The number of anilines is 1. The van der Waals surface area contributed by atoms with Crippen molar-refractivity contribution in [2.45, 2.75) is 32.8 Å². The van der Waals surface area contributed by atoms with E-state index in [4.69, 9.17) is 0 Å². The summed E-state index contributed by atoms with van der Waals surface area (Å²) in [5.41, 5.74) is 0.864. The van der Waals surface area contributed by atoms with E-state index in [1.54, 1.807) is 13.1 Å². The Bertz CT molecular complexity index is 282. The number of hydrogen-bond donors (Lipinski definition) is 1. The maximum Gasteiger partial charge on any atom is 0.128 e. The second-order valence-electron chi connectivity index (χ2n) is 3.90. The molecule has 3 heteroatoms. The average molecular weight is 208 g/mol. The minimum absolute atomic E-state index is 0.438. The Kier molecular flexibility index (Phi) is 4.56. The van der Waals surface area contributed by atoms with Crippen molar-refractivity contribution in [3.63, 3.8) is 0 Å². The molecule has 84 valence electrons. The highest BCUT2D eigenvalue weighted by atomic mass is 16.3. The quantitative estimate of drug-likeness (QED) is 0.807. The highest BCUT2D eigenvalue weighted by Gasteiger charge is 2.04. The molecule has 0 aliphatic heterocycles. The molecule has 15 heavy (non-hydrogen) atoms. The Morgan fingerprint density at radius 2 is 2.20 bits per heavy atom. The molecule has 1 N–H and O–H groups in total. The smallest absolute Gasteiger partial charge is 0.128 e. The lowest BCUT2D eigenvalue weighted by atomic mass is 10.2. The van der Waals surface area contributed by atoms with Crippen LogP contribution in [0.3, 0.4) is 0 Å². The lowest BCUT2D eigenvalue weighted by Gasteiger charge is -2.18. The van der Waals surface area contributed by atoms with Crippen molar-refractivity contribution >= 4 is 5.82 Å². The molecule has 0 radical (unpaired) electrons. The van der Waals surface area contributed by atoms with Crippen LogP contribution in [0.5, 0.6) is 0 Å². The SMILES string of the molecule is CCCCN(C)c1ccc([C@@H](C)O)cn1. The zero-order valence-electron chi connectivity index (χ0n) is 9.77. The molecular formula is C12H20N2O. The third kappa shape index (κ3) is 3.51. The predicted molar refractivity (Wildman–Crippen MR) is 63.0 cm³/mol. The van der Waals surface area contributed by atoms with Crippen molar-refractivity contribution in [2.24, 2.45) is 0 Å². The molecule has 0 saturated heterocycles. The lowest BCUT2D eigenvalue weighted by Crippen LogP contribution is -2.19. The van der Waals surface area contributed by atoms with E-state index in [-0.39, 0.29) is 0 Å². The minimum atomic E-state index is -0.438. The van der Waals surface area contributed by atoms with E-state index in [0.717, 1.165) is 17.9 Å². The van der Waals surface area contributed by atoms with Gasteiger partial charge in [0, 0.05) is 19.8 Å². The van der Waals surface area contributed by atoms with Gasteiger partial charge in [0.15, 0.2) is 0 Å². The summed E-state index contributed by atoms with van der Waals surface area (Å²) in [4.78, 5) is 6.45. The summed E-state index contributed by atoms with van der Waals surface area (Å²) >= 11 is 0. The van der Waals surface area contributed by atoms with Crippen molar-refractivity contribution in [3.05, 3.63) is 23.9 Å². The molecule has 0 unspecified atom stereocenters. The number of unbranched alkanes of at least 4 members (excludes halogenated alkanes) is 1. The van der Waals surface area contributed by atoms with Crippen LogP contribution < -0.4 is 4.90 Å². The van der Waals surface area contributed by atoms with Crippen LogP contribution >= 0.6 is 0 Å². The van der Waals surface area contributed by atoms with E-state index in [1.165, 1.54) is 12.8 Å². The number of aliphatic hydroxyl groups is 1.